The number of fused-ring (bicyclic) bond motifs is 3. The number of benzene rings is 4. The summed E-state index contributed by atoms with van der Waals surface area (Å²) in [5.41, 5.74) is 7.15. The molecule has 4 aromatic heterocycles. The Labute approximate surface area is 248 Å². The summed E-state index contributed by atoms with van der Waals surface area (Å²) in [6.45, 7) is 0. The molecule has 0 atom stereocenters. The van der Waals surface area contributed by atoms with E-state index >= 15 is 0 Å². The molecule has 0 unspecified atom stereocenters. The third kappa shape index (κ3) is 4.51. The van der Waals surface area contributed by atoms with Gasteiger partial charge in [-0.3, -0.25) is 9.97 Å². The molecule has 6 nitrogen and oxygen atoms in total. The zero-order valence-electron chi connectivity index (χ0n) is 23.0. The van der Waals surface area contributed by atoms with Gasteiger partial charge < -0.3 is 4.57 Å². The summed E-state index contributed by atoms with van der Waals surface area (Å²) in [6.07, 6.45) is 9.38. The van der Waals surface area contributed by atoms with Gasteiger partial charge in [0, 0.05) is 64.3 Å². The number of hydrogen-bond acceptors (Lipinski definition) is 5. The van der Waals surface area contributed by atoms with Crippen molar-refractivity contribution >= 4 is 21.7 Å². The Morgan fingerprint density at radius 3 is 1.84 bits per heavy atom. The molecule has 0 N–H and O–H groups in total. The zero-order chi connectivity index (χ0) is 28.6. The molecule has 0 amide bonds. The van der Waals surface area contributed by atoms with E-state index in [9.17, 15) is 0 Å². The SMILES string of the molecule is c1ccc(-c2nc(-c3ccncc3)nc(-c3cccc(-c4cn(-c5ccncc5)c5ccc6ccccc6c45)c3)n2)cc1. The molecule has 0 fully saturated rings. The third-order valence-corrected chi connectivity index (χ3v) is 7.67. The molecule has 8 rings (SSSR count). The number of aromatic nitrogens is 6. The Bertz CT molecular complexity index is 2170. The van der Waals surface area contributed by atoms with Gasteiger partial charge in [-0.1, -0.05) is 78.9 Å². The van der Waals surface area contributed by atoms with Gasteiger partial charge in [0.25, 0.3) is 0 Å². The smallest absolute Gasteiger partial charge is 0.164 e. The lowest BCUT2D eigenvalue weighted by atomic mass is 9.98. The van der Waals surface area contributed by atoms with Crippen LogP contribution >= 0.6 is 0 Å². The van der Waals surface area contributed by atoms with E-state index in [0.717, 1.165) is 39.0 Å². The van der Waals surface area contributed by atoms with Crippen molar-refractivity contribution < 1.29 is 0 Å². The van der Waals surface area contributed by atoms with E-state index in [1.165, 1.54) is 16.2 Å². The fourth-order valence-corrected chi connectivity index (χ4v) is 5.62. The third-order valence-electron chi connectivity index (χ3n) is 7.67. The predicted octanol–water partition coefficient (Wildman–Crippen LogP) is 8.43. The summed E-state index contributed by atoms with van der Waals surface area (Å²) in [7, 11) is 0. The van der Waals surface area contributed by atoms with E-state index in [-0.39, 0.29) is 0 Å². The van der Waals surface area contributed by atoms with Crippen LogP contribution in [-0.4, -0.2) is 29.5 Å². The summed E-state index contributed by atoms with van der Waals surface area (Å²) >= 11 is 0. The summed E-state index contributed by atoms with van der Waals surface area (Å²) in [4.78, 5) is 23.1. The molecule has 6 heteroatoms. The van der Waals surface area contributed by atoms with Crippen molar-refractivity contribution in [2.75, 3.05) is 0 Å². The van der Waals surface area contributed by atoms with E-state index in [2.05, 4.69) is 81.4 Å². The van der Waals surface area contributed by atoms with E-state index in [1.54, 1.807) is 12.4 Å². The summed E-state index contributed by atoms with van der Waals surface area (Å²) in [6, 6.07) is 39.3. The highest BCUT2D eigenvalue weighted by molar-refractivity contribution is 6.14. The minimum absolute atomic E-state index is 0.608. The van der Waals surface area contributed by atoms with E-state index in [1.807, 2.05) is 67.0 Å². The highest BCUT2D eigenvalue weighted by atomic mass is 15.0. The number of hydrogen-bond donors (Lipinski definition) is 0. The largest absolute Gasteiger partial charge is 0.316 e. The molecule has 0 radical (unpaired) electrons. The Morgan fingerprint density at radius 1 is 0.465 bits per heavy atom. The van der Waals surface area contributed by atoms with Gasteiger partial charge in [-0.15, -0.1) is 0 Å². The highest BCUT2D eigenvalue weighted by Gasteiger charge is 2.17. The maximum atomic E-state index is 4.95. The average Bonchev–Trinajstić information content (AvgIpc) is 3.50. The Hall–Kier alpha value is -6.01. The van der Waals surface area contributed by atoms with E-state index in [4.69, 9.17) is 15.0 Å². The first-order valence-electron chi connectivity index (χ1n) is 14.1. The molecule has 4 heterocycles. The topological polar surface area (TPSA) is 69.4 Å². The molecule has 8 aromatic rings. The van der Waals surface area contributed by atoms with Gasteiger partial charge in [0.05, 0.1) is 5.52 Å². The fourth-order valence-electron chi connectivity index (χ4n) is 5.62. The maximum Gasteiger partial charge on any atom is 0.164 e. The summed E-state index contributed by atoms with van der Waals surface area (Å²) in [5.74, 6) is 1.85. The van der Waals surface area contributed by atoms with Crippen molar-refractivity contribution in [3.63, 3.8) is 0 Å². The van der Waals surface area contributed by atoms with Crippen LogP contribution < -0.4 is 0 Å². The van der Waals surface area contributed by atoms with Gasteiger partial charge in [-0.25, -0.2) is 15.0 Å². The van der Waals surface area contributed by atoms with Crippen molar-refractivity contribution in [3.05, 3.63) is 146 Å². The first kappa shape index (κ1) is 24.8. The predicted molar refractivity (Wildman–Crippen MR) is 171 cm³/mol. The molecule has 0 bridgehead atoms. The molecule has 0 aliphatic carbocycles. The van der Waals surface area contributed by atoms with Crippen molar-refractivity contribution in [1.82, 2.24) is 29.5 Å². The summed E-state index contributed by atoms with van der Waals surface area (Å²) < 4.78 is 2.24. The number of nitrogens with zero attached hydrogens (tertiary/aromatic N) is 6. The second-order valence-corrected chi connectivity index (χ2v) is 10.3. The van der Waals surface area contributed by atoms with Gasteiger partial charge in [0.1, 0.15) is 0 Å². The van der Waals surface area contributed by atoms with Gasteiger partial charge in [0.2, 0.25) is 0 Å². The van der Waals surface area contributed by atoms with Crippen molar-refractivity contribution in [2.24, 2.45) is 0 Å². The van der Waals surface area contributed by atoms with Crippen molar-refractivity contribution in [2.45, 2.75) is 0 Å². The highest BCUT2D eigenvalue weighted by Crippen LogP contribution is 2.38. The molecule has 0 aliphatic heterocycles. The lowest BCUT2D eigenvalue weighted by molar-refractivity contribution is 1.07. The minimum Gasteiger partial charge on any atom is -0.316 e. The molecule has 0 saturated carbocycles. The fraction of sp³-hybridized carbons (Fsp3) is 0. The first-order valence-corrected chi connectivity index (χ1v) is 14.1. The Kier molecular flexibility index (Phi) is 6.01. The lowest BCUT2D eigenvalue weighted by Crippen LogP contribution is -2.00. The van der Waals surface area contributed by atoms with Crippen molar-refractivity contribution in [1.29, 1.82) is 0 Å². The number of rotatable bonds is 5. The van der Waals surface area contributed by atoms with Gasteiger partial charge in [-0.2, -0.15) is 0 Å². The molecule has 202 valence electrons. The molecular formula is C37H24N6. The molecular weight excluding hydrogens is 528 g/mol. The van der Waals surface area contributed by atoms with Crippen molar-refractivity contribution in [3.8, 4) is 51.0 Å². The quantitative estimate of drug-likeness (QED) is 0.214. The van der Waals surface area contributed by atoms with Crippen LogP contribution in [0, 0.1) is 0 Å². The standard InChI is InChI=1S/C37H24N6/c1-2-8-26(9-3-1)35-40-36(27-15-19-38-20-16-27)42-37(41-35)29-11-6-10-28(23-29)32-24-43(30-17-21-39-22-18-30)33-14-13-25-7-4-5-12-31(25)34(32)33/h1-24H. The van der Waals surface area contributed by atoms with Gasteiger partial charge in [-0.05, 0) is 52.7 Å². The van der Waals surface area contributed by atoms with E-state index in [0.29, 0.717) is 17.5 Å². The first-order chi connectivity index (χ1) is 21.3. The van der Waals surface area contributed by atoms with Crippen LogP contribution in [0.5, 0.6) is 0 Å². The normalized spacial score (nSPS) is 11.3. The van der Waals surface area contributed by atoms with Crippen LogP contribution in [0.25, 0.3) is 72.7 Å². The van der Waals surface area contributed by atoms with E-state index < -0.39 is 0 Å². The zero-order valence-corrected chi connectivity index (χ0v) is 23.0. The Morgan fingerprint density at radius 2 is 1.07 bits per heavy atom. The monoisotopic (exact) mass is 552 g/mol. The van der Waals surface area contributed by atoms with Gasteiger partial charge in [0.15, 0.2) is 17.5 Å². The minimum atomic E-state index is 0.608. The van der Waals surface area contributed by atoms with Crippen LogP contribution in [-0.2, 0) is 0 Å². The average molecular weight is 553 g/mol. The van der Waals surface area contributed by atoms with Crippen LogP contribution in [0.1, 0.15) is 0 Å². The summed E-state index contributed by atoms with van der Waals surface area (Å²) in [5, 5.41) is 3.61. The molecule has 0 aliphatic rings. The van der Waals surface area contributed by atoms with Crippen LogP contribution in [0.15, 0.2) is 146 Å². The Balaban J connectivity index is 1.34. The number of pyridine rings is 2. The second kappa shape index (κ2) is 10.4. The van der Waals surface area contributed by atoms with Crippen LogP contribution in [0.4, 0.5) is 0 Å². The maximum absolute atomic E-state index is 4.95. The van der Waals surface area contributed by atoms with Crippen LogP contribution in [0.2, 0.25) is 0 Å². The van der Waals surface area contributed by atoms with Gasteiger partial charge >= 0.3 is 0 Å². The molecule has 43 heavy (non-hydrogen) atoms. The lowest BCUT2D eigenvalue weighted by Gasteiger charge is -2.09. The molecule has 0 spiro atoms. The molecule has 4 aromatic carbocycles. The second-order valence-electron chi connectivity index (χ2n) is 10.3. The molecule has 0 saturated heterocycles. The van der Waals surface area contributed by atoms with Crippen LogP contribution in [0.3, 0.4) is 0 Å².